The molecule has 0 fully saturated rings. The van der Waals surface area contributed by atoms with E-state index in [1.165, 1.54) is 0 Å². The first kappa shape index (κ1) is 17.2. The molecule has 1 aromatic carbocycles. The van der Waals surface area contributed by atoms with E-state index in [1.807, 2.05) is 24.8 Å². The number of benzene rings is 1. The summed E-state index contributed by atoms with van der Waals surface area (Å²) in [5.41, 5.74) is 9.30. The normalized spacial score (nSPS) is 15.8. The van der Waals surface area contributed by atoms with E-state index >= 15 is 0 Å². The molecule has 0 spiro atoms. The van der Waals surface area contributed by atoms with Crippen LogP contribution in [-0.4, -0.2) is 45.1 Å². The number of nitrogens with zero attached hydrogens (tertiary/aromatic N) is 3. The smallest absolute Gasteiger partial charge is 0.234 e. The van der Waals surface area contributed by atoms with Gasteiger partial charge in [-0.3, -0.25) is 14.7 Å². The number of ether oxygens (including phenoxy) is 1. The van der Waals surface area contributed by atoms with Gasteiger partial charge in [-0.15, -0.1) is 0 Å². The summed E-state index contributed by atoms with van der Waals surface area (Å²) in [6.45, 7) is 6.91. The van der Waals surface area contributed by atoms with Gasteiger partial charge in [-0.25, -0.2) is 4.98 Å². The maximum atomic E-state index is 11.5. The van der Waals surface area contributed by atoms with Crippen LogP contribution in [0.4, 0.5) is 0 Å². The second-order valence-corrected chi connectivity index (χ2v) is 6.33. The number of fused-ring (bicyclic) bond motifs is 1. The van der Waals surface area contributed by atoms with Gasteiger partial charge in [0.15, 0.2) is 11.5 Å². The molecule has 0 saturated heterocycles. The fourth-order valence-corrected chi connectivity index (χ4v) is 2.98. The van der Waals surface area contributed by atoms with Gasteiger partial charge in [0, 0.05) is 30.4 Å². The molecule has 132 valence electrons. The van der Waals surface area contributed by atoms with Gasteiger partial charge in [-0.1, -0.05) is 0 Å². The highest BCUT2D eigenvalue weighted by atomic mass is 16.5. The summed E-state index contributed by atoms with van der Waals surface area (Å²) in [7, 11) is 0. The van der Waals surface area contributed by atoms with Crippen LogP contribution < -0.4 is 10.5 Å². The van der Waals surface area contributed by atoms with Crippen LogP contribution in [-0.2, 0) is 11.3 Å². The van der Waals surface area contributed by atoms with E-state index in [2.05, 4.69) is 9.97 Å². The number of carbonyl (C=O) groups is 1. The second kappa shape index (κ2) is 6.68. The molecule has 0 unspecified atom stereocenters. The molecular weight excluding hydrogens is 320 g/mol. The van der Waals surface area contributed by atoms with Gasteiger partial charge >= 0.3 is 0 Å². The number of phenols is 1. The topological polar surface area (TPSA) is 102 Å². The number of hydrogen-bond acceptors (Lipinski definition) is 6. The Balaban J connectivity index is 2.05. The molecule has 25 heavy (non-hydrogen) atoms. The lowest BCUT2D eigenvalue weighted by molar-refractivity contribution is -0.122. The Hall–Kier alpha value is -2.67. The Morgan fingerprint density at radius 3 is 2.88 bits per heavy atom. The van der Waals surface area contributed by atoms with Gasteiger partial charge in [0.05, 0.1) is 23.1 Å². The van der Waals surface area contributed by atoms with E-state index in [-0.39, 0.29) is 11.7 Å². The summed E-state index contributed by atoms with van der Waals surface area (Å²) >= 11 is 0. The number of amides is 1. The zero-order valence-electron chi connectivity index (χ0n) is 14.6. The van der Waals surface area contributed by atoms with Crippen LogP contribution in [0, 0.1) is 13.8 Å². The van der Waals surface area contributed by atoms with Crippen LogP contribution in [0.25, 0.3) is 11.3 Å². The summed E-state index contributed by atoms with van der Waals surface area (Å²) in [4.78, 5) is 22.3. The zero-order chi connectivity index (χ0) is 18.1. The minimum absolute atomic E-state index is 0.0591. The second-order valence-electron chi connectivity index (χ2n) is 6.33. The quantitative estimate of drug-likeness (QED) is 0.877. The molecule has 1 aliphatic rings. The van der Waals surface area contributed by atoms with Crippen molar-refractivity contribution in [3.8, 4) is 22.8 Å². The Bertz CT molecular complexity index is 822. The van der Waals surface area contributed by atoms with Gasteiger partial charge in [0.25, 0.3) is 0 Å². The summed E-state index contributed by atoms with van der Waals surface area (Å²) < 4.78 is 5.70. The third-order valence-corrected chi connectivity index (χ3v) is 4.45. The van der Waals surface area contributed by atoms with Crippen molar-refractivity contribution in [3.05, 3.63) is 35.3 Å². The average molecular weight is 342 g/mol. The predicted octanol–water partition coefficient (Wildman–Crippen LogP) is 1.53. The number of aromatic nitrogens is 2. The number of hydrogen-bond donors (Lipinski definition) is 2. The van der Waals surface area contributed by atoms with Gasteiger partial charge in [-0.2, -0.15) is 0 Å². The molecule has 0 radical (unpaired) electrons. The van der Waals surface area contributed by atoms with Gasteiger partial charge in [0.1, 0.15) is 6.61 Å². The molecule has 7 nitrogen and oxygen atoms in total. The lowest BCUT2D eigenvalue weighted by Gasteiger charge is -2.24. The van der Waals surface area contributed by atoms with Crippen LogP contribution in [0.5, 0.6) is 11.5 Å². The van der Waals surface area contributed by atoms with Crippen molar-refractivity contribution < 1.29 is 14.6 Å². The van der Waals surface area contributed by atoms with Gasteiger partial charge in [0.2, 0.25) is 5.91 Å². The first-order valence-corrected chi connectivity index (χ1v) is 8.19. The molecule has 7 heteroatoms. The number of phenolic OH excluding ortho intramolecular Hbond substituents is 1. The maximum Gasteiger partial charge on any atom is 0.234 e. The third-order valence-electron chi connectivity index (χ3n) is 4.45. The van der Waals surface area contributed by atoms with Crippen molar-refractivity contribution in [3.63, 3.8) is 0 Å². The Kier molecular flexibility index (Phi) is 4.59. The molecule has 2 aromatic rings. The zero-order valence-corrected chi connectivity index (χ0v) is 14.6. The predicted molar refractivity (Wildman–Crippen MR) is 93.2 cm³/mol. The number of aryl methyl sites for hydroxylation is 2. The fraction of sp³-hybridized carbons (Fsp3) is 0.389. The average Bonchev–Trinajstić information content (AvgIpc) is 2.79. The van der Waals surface area contributed by atoms with E-state index in [1.54, 1.807) is 19.2 Å². The van der Waals surface area contributed by atoms with Gasteiger partial charge < -0.3 is 15.6 Å². The maximum absolute atomic E-state index is 11.5. The minimum atomic E-state index is -0.416. The third kappa shape index (κ3) is 3.41. The highest BCUT2D eigenvalue weighted by Crippen LogP contribution is 2.37. The Morgan fingerprint density at radius 1 is 1.40 bits per heavy atom. The molecule has 2 heterocycles. The molecule has 1 aliphatic heterocycles. The van der Waals surface area contributed by atoms with E-state index in [4.69, 9.17) is 10.5 Å². The van der Waals surface area contributed by atoms with E-state index in [0.717, 1.165) is 28.2 Å². The van der Waals surface area contributed by atoms with Crippen molar-refractivity contribution in [1.82, 2.24) is 14.9 Å². The van der Waals surface area contributed by atoms with Crippen molar-refractivity contribution in [1.29, 1.82) is 0 Å². The Morgan fingerprint density at radius 2 is 2.16 bits per heavy atom. The summed E-state index contributed by atoms with van der Waals surface area (Å²) in [6, 6.07) is 3.15. The molecule has 1 amide bonds. The standard InChI is InChI=1S/C18H22N4O3/c1-10-8-20-11(2)16(21-10)13-6-14-9-22(12(3)18(19)24)4-5-25-17(14)15(23)7-13/h6-8,12,23H,4-5,9H2,1-3H3,(H2,19,24)/t12-/m0/s1. The monoisotopic (exact) mass is 342 g/mol. The van der Waals surface area contributed by atoms with Crippen molar-refractivity contribution in [2.45, 2.75) is 33.4 Å². The van der Waals surface area contributed by atoms with Crippen molar-refractivity contribution >= 4 is 5.91 Å². The van der Waals surface area contributed by atoms with E-state index in [9.17, 15) is 9.90 Å². The summed E-state index contributed by atoms with van der Waals surface area (Å²) in [6.07, 6.45) is 1.71. The Labute approximate surface area is 146 Å². The number of primary amides is 1. The largest absolute Gasteiger partial charge is 0.504 e. The highest BCUT2D eigenvalue weighted by Gasteiger charge is 2.25. The lowest BCUT2D eigenvalue weighted by atomic mass is 10.0. The van der Waals surface area contributed by atoms with Crippen LogP contribution >= 0.6 is 0 Å². The molecule has 3 rings (SSSR count). The molecule has 0 saturated carbocycles. The molecule has 0 aliphatic carbocycles. The fourth-order valence-electron chi connectivity index (χ4n) is 2.98. The van der Waals surface area contributed by atoms with E-state index in [0.29, 0.717) is 25.4 Å². The van der Waals surface area contributed by atoms with Crippen molar-refractivity contribution in [2.24, 2.45) is 5.73 Å². The van der Waals surface area contributed by atoms with Crippen LogP contribution in [0.2, 0.25) is 0 Å². The minimum Gasteiger partial charge on any atom is -0.504 e. The molecule has 1 atom stereocenters. The highest BCUT2D eigenvalue weighted by molar-refractivity contribution is 5.79. The van der Waals surface area contributed by atoms with Crippen LogP contribution in [0.1, 0.15) is 23.9 Å². The SMILES string of the molecule is Cc1cnc(C)c(-c2cc(O)c3c(c2)CN([C@@H](C)C(N)=O)CCO3)n1. The molecule has 0 bridgehead atoms. The van der Waals surface area contributed by atoms with E-state index < -0.39 is 6.04 Å². The number of rotatable bonds is 3. The van der Waals surface area contributed by atoms with Crippen LogP contribution in [0.3, 0.4) is 0 Å². The lowest BCUT2D eigenvalue weighted by Crippen LogP contribution is -2.43. The number of nitrogens with two attached hydrogens (primary N) is 1. The first-order valence-electron chi connectivity index (χ1n) is 8.19. The first-order chi connectivity index (χ1) is 11.9. The van der Waals surface area contributed by atoms with Crippen LogP contribution in [0.15, 0.2) is 18.3 Å². The summed E-state index contributed by atoms with van der Waals surface area (Å²) in [5.74, 6) is 0.120. The van der Waals surface area contributed by atoms with Crippen molar-refractivity contribution in [2.75, 3.05) is 13.2 Å². The molecular formula is C18H22N4O3. The number of aromatic hydroxyl groups is 1. The molecule has 1 aromatic heterocycles. The molecule has 3 N–H and O–H groups in total. The summed E-state index contributed by atoms with van der Waals surface area (Å²) in [5, 5.41) is 10.4. The van der Waals surface area contributed by atoms with Gasteiger partial charge in [-0.05, 0) is 32.9 Å². The number of carbonyl (C=O) groups excluding carboxylic acids is 1.